The minimum atomic E-state index is -0.353. The van der Waals surface area contributed by atoms with E-state index in [-0.39, 0.29) is 23.9 Å². The van der Waals surface area contributed by atoms with Crippen LogP contribution in [-0.4, -0.2) is 70.2 Å². The van der Waals surface area contributed by atoms with Crippen molar-refractivity contribution in [2.45, 2.75) is 6.54 Å². The molecule has 36 heavy (non-hydrogen) atoms. The highest BCUT2D eigenvalue weighted by atomic mass is 32.1. The van der Waals surface area contributed by atoms with Gasteiger partial charge in [0.05, 0.1) is 18.4 Å². The first-order chi connectivity index (χ1) is 17.5. The number of carbonyl (C=O) groups excluding carboxylic acids is 1. The number of aromatic nitrogens is 3. The van der Waals surface area contributed by atoms with Crippen LogP contribution in [0.1, 0.15) is 5.69 Å². The quantitative estimate of drug-likeness (QED) is 0.379. The molecular formula is C25H24FN5O4S. The molecule has 0 N–H and O–H groups in total. The Kier molecular flexibility index (Phi) is 6.92. The van der Waals surface area contributed by atoms with Crippen molar-refractivity contribution in [1.29, 1.82) is 0 Å². The number of hydrogen-bond donors (Lipinski definition) is 0. The van der Waals surface area contributed by atoms with E-state index in [1.807, 2.05) is 24.3 Å². The Labute approximate surface area is 210 Å². The Bertz CT molecular complexity index is 1430. The number of amides is 1. The third kappa shape index (κ3) is 5.21. The number of fused-ring (bicyclic) bond motifs is 1. The Hall–Kier alpha value is -3.83. The number of methoxy groups -OCH3 is 1. The monoisotopic (exact) mass is 509 g/mol. The molecule has 1 aliphatic heterocycles. The van der Waals surface area contributed by atoms with E-state index < -0.39 is 0 Å². The molecule has 1 aliphatic rings. The summed E-state index contributed by atoms with van der Waals surface area (Å²) in [6.45, 7) is 2.80. The van der Waals surface area contributed by atoms with Gasteiger partial charge < -0.3 is 14.4 Å². The number of halogens is 1. The van der Waals surface area contributed by atoms with Gasteiger partial charge in [0.1, 0.15) is 17.3 Å². The van der Waals surface area contributed by atoms with Gasteiger partial charge in [0, 0.05) is 38.8 Å². The van der Waals surface area contributed by atoms with Crippen LogP contribution in [0.2, 0.25) is 0 Å². The lowest BCUT2D eigenvalue weighted by Crippen LogP contribution is -2.49. The van der Waals surface area contributed by atoms with E-state index in [0.717, 1.165) is 5.56 Å². The highest BCUT2D eigenvalue weighted by molar-refractivity contribution is 7.19. The fourth-order valence-electron chi connectivity index (χ4n) is 4.02. The Morgan fingerprint density at radius 2 is 1.83 bits per heavy atom. The third-order valence-corrected chi connectivity index (χ3v) is 6.86. The second-order valence-corrected chi connectivity index (χ2v) is 9.24. The van der Waals surface area contributed by atoms with Crippen LogP contribution < -0.4 is 15.0 Å². The molecule has 186 valence electrons. The van der Waals surface area contributed by atoms with Crippen LogP contribution in [0.4, 0.5) is 4.39 Å². The Balaban J connectivity index is 1.20. The van der Waals surface area contributed by atoms with Gasteiger partial charge in [-0.2, -0.15) is 9.61 Å². The standard InChI is InChI=1S/C25H24FN5O4S/c1-34-21-5-3-2-4-20(21)24-28-31-22(32)14-18(27-25(31)36-24)15-29-10-12-30(13-11-29)23(33)16-35-19-8-6-17(26)7-9-19/h2-9,14H,10-13,15-16H2,1H3. The average Bonchev–Trinajstić information content (AvgIpc) is 3.33. The van der Waals surface area contributed by atoms with E-state index in [0.29, 0.717) is 59.9 Å². The lowest BCUT2D eigenvalue weighted by atomic mass is 10.2. The van der Waals surface area contributed by atoms with Crippen LogP contribution in [0, 0.1) is 5.82 Å². The molecule has 0 radical (unpaired) electrons. The molecule has 1 amide bonds. The maximum Gasteiger partial charge on any atom is 0.275 e. The zero-order chi connectivity index (χ0) is 25.1. The SMILES string of the molecule is COc1ccccc1-c1nn2c(=O)cc(CN3CCN(C(=O)COc4ccc(F)cc4)CC3)nc2s1. The van der Waals surface area contributed by atoms with E-state index in [9.17, 15) is 14.0 Å². The Morgan fingerprint density at radius 3 is 2.58 bits per heavy atom. The molecule has 0 spiro atoms. The van der Waals surface area contributed by atoms with Gasteiger partial charge in [0.15, 0.2) is 11.6 Å². The van der Waals surface area contributed by atoms with Crippen molar-refractivity contribution in [3.63, 3.8) is 0 Å². The van der Waals surface area contributed by atoms with E-state index in [4.69, 9.17) is 9.47 Å². The molecule has 5 rings (SSSR count). The highest BCUT2D eigenvalue weighted by Gasteiger charge is 2.22. The molecule has 1 fully saturated rings. The number of hydrogen-bond acceptors (Lipinski definition) is 8. The van der Waals surface area contributed by atoms with E-state index in [1.165, 1.54) is 46.2 Å². The number of para-hydroxylation sites is 1. The van der Waals surface area contributed by atoms with Crippen molar-refractivity contribution in [2.24, 2.45) is 0 Å². The van der Waals surface area contributed by atoms with Crippen molar-refractivity contribution < 1.29 is 18.7 Å². The van der Waals surface area contributed by atoms with Gasteiger partial charge in [-0.05, 0) is 36.4 Å². The summed E-state index contributed by atoms with van der Waals surface area (Å²) in [5.74, 6) is 0.659. The van der Waals surface area contributed by atoms with Crippen LogP contribution in [0.25, 0.3) is 15.5 Å². The number of piperazine rings is 1. The molecule has 1 saturated heterocycles. The number of carbonyl (C=O) groups is 1. The normalized spacial score (nSPS) is 14.2. The maximum atomic E-state index is 13.0. The Morgan fingerprint density at radius 1 is 1.08 bits per heavy atom. The first-order valence-corrected chi connectivity index (χ1v) is 12.2. The highest BCUT2D eigenvalue weighted by Crippen LogP contribution is 2.32. The molecule has 0 unspecified atom stereocenters. The van der Waals surface area contributed by atoms with Crippen molar-refractivity contribution in [2.75, 3.05) is 39.9 Å². The van der Waals surface area contributed by atoms with Gasteiger partial charge >= 0.3 is 0 Å². The summed E-state index contributed by atoms with van der Waals surface area (Å²) < 4.78 is 25.2. The van der Waals surface area contributed by atoms with Crippen LogP contribution in [-0.2, 0) is 11.3 Å². The second-order valence-electron chi connectivity index (χ2n) is 8.29. The number of nitrogens with zero attached hydrogens (tertiary/aromatic N) is 5. The molecule has 4 aromatic rings. The van der Waals surface area contributed by atoms with E-state index >= 15 is 0 Å². The molecule has 2 aromatic heterocycles. The van der Waals surface area contributed by atoms with Crippen molar-refractivity contribution in [3.8, 4) is 22.1 Å². The van der Waals surface area contributed by atoms with E-state index in [2.05, 4.69) is 15.0 Å². The number of rotatable bonds is 7. The molecule has 3 heterocycles. The fourth-order valence-corrected chi connectivity index (χ4v) is 4.97. The molecule has 0 saturated carbocycles. The number of ether oxygens (including phenoxy) is 2. The first-order valence-electron chi connectivity index (χ1n) is 11.4. The minimum absolute atomic E-state index is 0.0967. The summed E-state index contributed by atoms with van der Waals surface area (Å²) >= 11 is 1.33. The molecule has 2 aromatic carbocycles. The predicted molar refractivity (Wildman–Crippen MR) is 133 cm³/mol. The molecule has 0 aliphatic carbocycles. The average molecular weight is 510 g/mol. The predicted octanol–water partition coefficient (Wildman–Crippen LogP) is 2.69. The third-order valence-electron chi connectivity index (χ3n) is 5.92. The number of benzene rings is 2. The second kappa shape index (κ2) is 10.4. The summed E-state index contributed by atoms with van der Waals surface area (Å²) in [6, 6.07) is 14.6. The van der Waals surface area contributed by atoms with Gasteiger partial charge in [0.25, 0.3) is 11.5 Å². The minimum Gasteiger partial charge on any atom is -0.496 e. The van der Waals surface area contributed by atoms with Crippen LogP contribution in [0.3, 0.4) is 0 Å². The first kappa shape index (κ1) is 23.9. The smallest absolute Gasteiger partial charge is 0.275 e. The van der Waals surface area contributed by atoms with E-state index in [1.54, 1.807) is 12.0 Å². The van der Waals surface area contributed by atoms with Gasteiger partial charge in [-0.3, -0.25) is 14.5 Å². The topological polar surface area (TPSA) is 89.3 Å². The zero-order valence-corrected chi connectivity index (χ0v) is 20.4. The molecule has 0 bridgehead atoms. The largest absolute Gasteiger partial charge is 0.496 e. The lowest BCUT2D eigenvalue weighted by molar-refractivity contribution is -0.135. The van der Waals surface area contributed by atoms with Crippen molar-refractivity contribution >= 4 is 22.2 Å². The molecule has 0 atom stereocenters. The summed E-state index contributed by atoms with van der Waals surface area (Å²) in [6.07, 6.45) is 0. The lowest BCUT2D eigenvalue weighted by Gasteiger charge is -2.34. The van der Waals surface area contributed by atoms with Gasteiger partial charge in [-0.25, -0.2) is 9.37 Å². The van der Waals surface area contributed by atoms with Crippen LogP contribution >= 0.6 is 11.3 Å². The van der Waals surface area contributed by atoms with Gasteiger partial charge in [-0.1, -0.05) is 23.5 Å². The fraction of sp³-hybridized carbons (Fsp3) is 0.280. The van der Waals surface area contributed by atoms with Crippen LogP contribution in [0.15, 0.2) is 59.4 Å². The van der Waals surface area contributed by atoms with Gasteiger partial charge in [-0.15, -0.1) is 0 Å². The molecule has 11 heteroatoms. The van der Waals surface area contributed by atoms with Crippen LogP contribution in [0.5, 0.6) is 11.5 Å². The molecule has 9 nitrogen and oxygen atoms in total. The maximum absolute atomic E-state index is 13.0. The summed E-state index contributed by atoms with van der Waals surface area (Å²) in [5, 5.41) is 5.10. The zero-order valence-electron chi connectivity index (χ0n) is 19.6. The van der Waals surface area contributed by atoms with Crippen molar-refractivity contribution in [1.82, 2.24) is 24.4 Å². The van der Waals surface area contributed by atoms with Crippen molar-refractivity contribution in [3.05, 3.63) is 76.5 Å². The summed E-state index contributed by atoms with van der Waals surface area (Å²) in [4.78, 5) is 34.3. The summed E-state index contributed by atoms with van der Waals surface area (Å²) in [5.41, 5.74) is 1.23. The summed E-state index contributed by atoms with van der Waals surface area (Å²) in [7, 11) is 1.60. The molecular weight excluding hydrogens is 485 g/mol. The van der Waals surface area contributed by atoms with Gasteiger partial charge in [0.2, 0.25) is 4.96 Å².